The zero-order valence-electron chi connectivity index (χ0n) is 11.2. The Balaban J connectivity index is 1.88. The molecule has 2 aromatic rings. The van der Waals surface area contributed by atoms with E-state index in [9.17, 15) is 4.39 Å². The molecule has 2 N–H and O–H groups in total. The Morgan fingerprint density at radius 3 is 2.85 bits per heavy atom. The number of fused-ring (bicyclic) bond motifs is 1. The van der Waals surface area contributed by atoms with Gasteiger partial charge < -0.3 is 10.5 Å². The fourth-order valence-corrected chi connectivity index (χ4v) is 3.92. The molecule has 0 spiro atoms. The Morgan fingerprint density at radius 1 is 1.30 bits per heavy atom. The molecule has 0 fully saturated rings. The third-order valence-electron chi connectivity index (χ3n) is 3.62. The van der Waals surface area contributed by atoms with Gasteiger partial charge in [0.25, 0.3) is 0 Å². The molecule has 0 bridgehead atoms. The fourth-order valence-electron chi connectivity index (χ4n) is 2.58. The first kappa shape index (κ1) is 13.5. The molecular weight excluding hydrogens is 273 g/mol. The number of nitrogens with two attached hydrogens (primary N) is 1. The molecule has 1 aliphatic rings. The van der Waals surface area contributed by atoms with Crippen LogP contribution >= 0.6 is 11.8 Å². The summed E-state index contributed by atoms with van der Waals surface area (Å²) in [6, 6.07) is 12.6. The van der Waals surface area contributed by atoms with Gasteiger partial charge in [0.15, 0.2) is 0 Å². The van der Waals surface area contributed by atoms with E-state index in [0.29, 0.717) is 5.75 Å². The van der Waals surface area contributed by atoms with Crippen molar-refractivity contribution in [1.29, 1.82) is 0 Å². The molecule has 1 aliphatic heterocycles. The van der Waals surface area contributed by atoms with Crippen LogP contribution in [0.3, 0.4) is 0 Å². The highest BCUT2D eigenvalue weighted by atomic mass is 32.2. The van der Waals surface area contributed by atoms with Gasteiger partial charge in [0.2, 0.25) is 0 Å². The van der Waals surface area contributed by atoms with Crippen LogP contribution in [0.2, 0.25) is 0 Å². The molecule has 4 heteroatoms. The van der Waals surface area contributed by atoms with Crippen LogP contribution in [-0.4, -0.2) is 12.4 Å². The van der Waals surface area contributed by atoms with Crippen molar-refractivity contribution >= 4 is 11.8 Å². The summed E-state index contributed by atoms with van der Waals surface area (Å²) in [5.74, 6) is 0.368. The second-order valence-electron chi connectivity index (χ2n) is 4.88. The number of benzene rings is 2. The van der Waals surface area contributed by atoms with Crippen molar-refractivity contribution in [3.63, 3.8) is 0 Å². The summed E-state index contributed by atoms with van der Waals surface area (Å²) in [4.78, 5) is 1.27. The van der Waals surface area contributed by atoms with Gasteiger partial charge >= 0.3 is 0 Å². The van der Waals surface area contributed by atoms with Gasteiger partial charge in [0.05, 0.1) is 7.11 Å². The van der Waals surface area contributed by atoms with E-state index in [0.717, 1.165) is 12.0 Å². The van der Waals surface area contributed by atoms with E-state index in [4.69, 9.17) is 10.5 Å². The van der Waals surface area contributed by atoms with Crippen LogP contribution in [0.5, 0.6) is 5.75 Å². The van der Waals surface area contributed by atoms with Crippen LogP contribution in [0.25, 0.3) is 0 Å². The molecule has 1 heterocycles. The van der Waals surface area contributed by atoms with E-state index in [1.807, 2.05) is 12.1 Å². The molecule has 0 radical (unpaired) electrons. The van der Waals surface area contributed by atoms with Crippen LogP contribution in [0, 0.1) is 5.82 Å². The number of ether oxygens (including phenoxy) is 1. The van der Waals surface area contributed by atoms with E-state index in [2.05, 4.69) is 12.1 Å². The minimum Gasteiger partial charge on any atom is -0.496 e. The maximum Gasteiger partial charge on any atom is 0.123 e. The molecule has 3 rings (SSSR count). The first-order chi connectivity index (χ1) is 9.69. The first-order valence-corrected chi connectivity index (χ1v) is 7.40. The van der Waals surface area contributed by atoms with E-state index in [1.165, 1.54) is 22.6 Å². The van der Waals surface area contributed by atoms with E-state index in [1.54, 1.807) is 24.9 Å². The molecule has 0 saturated carbocycles. The van der Waals surface area contributed by atoms with Crippen molar-refractivity contribution in [3.05, 3.63) is 59.4 Å². The maximum absolute atomic E-state index is 13.5. The van der Waals surface area contributed by atoms with Gasteiger partial charge in [-0.15, -0.1) is 11.8 Å². The topological polar surface area (TPSA) is 35.2 Å². The largest absolute Gasteiger partial charge is 0.496 e. The summed E-state index contributed by atoms with van der Waals surface area (Å²) in [5.41, 5.74) is 8.40. The molecular formula is C16H16FNOS. The van der Waals surface area contributed by atoms with Crippen molar-refractivity contribution in [3.8, 4) is 5.75 Å². The Morgan fingerprint density at radius 2 is 2.10 bits per heavy atom. The SMILES string of the molecule is COc1ccc(F)cc1C(N)C1Cc2ccccc2S1. The highest BCUT2D eigenvalue weighted by Crippen LogP contribution is 2.43. The molecule has 2 nitrogen and oxygen atoms in total. The lowest BCUT2D eigenvalue weighted by atomic mass is 9.98. The summed E-state index contributed by atoms with van der Waals surface area (Å²) < 4.78 is 18.8. The lowest BCUT2D eigenvalue weighted by Crippen LogP contribution is -2.24. The number of rotatable bonds is 3. The van der Waals surface area contributed by atoms with Crippen LogP contribution in [0.1, 0.15) is 17.2 Å². The monoisotopic (exact) mass is 289 g/mol. The van der Waals surface area contributed by atoms with Crippen LogP contribution in [0.4, 0.5) is 4.39 Å². The van der Waals surface area contributed by atoms with Gasteiger partial charge in [-0.05, 0) is 36.2 Å². The lowest BCUT2D eigenvalue weighted by molar-refractivity contribution is 0.403. The van der Waals surface area contributed by atoms with Crippen molar-refractivity contribution < 1.29 is 9.13 Å². The minimum absolute atomic E-state index is 0.211. The molecule has 0 aliphatic carbocycles. The molecule has 0 saturated heterocycles. The highest BCUT2D eigenvalue weighted by Gasteiger charge is 2.29. The number of thioether (sulfide) groups is 1. The molecule has 104 valence electrons. The standard InChI is InChI=1S/C16H16FNOS/c1-19-13-7-6-11(17)9-12(13)16(18)15-8-10-4-2-3-5-14(10)20-15/h2-7,9,15-16H,8,18H2,1H3. The first-order valence-electron chi connectivity index (χ1n) is 6.52. The summed E-state index contributed by atoms with van der Waals surface area (Å²) in [6.07, 6.45) is 0.904. The van der Waals surface area contributed by atoms with Crippen LogP contribution < -0.4 is 10.5 Å². The van der Waals surface area contributed by atoms with Gasteiger partial charge in [-0.3, -0.25) is 0 Å². The second kappa shape index (κ2) is 5.46. The normalized spacial score (nSPS) is 18.6. The van der Waals surface area contributed by atoms with Crippen molar-refractivity contribution in [2.45, 2.75) is 22.6 Å². The van der Waals surface area contributed by atoms with E-state index < -0.39 is 0 Å². The van der Waals surface area contributed by atoms with Gasteiger partial charge in [0, 0.05) is 21.8 Å². The second-order valence-corrected chi connectivity index (χ2v) is 6.16. The van der Waals surface area contributed by atoms with E-state index in [-0.39, 0.29) is 17.1 Å². The summed E-state index contributed by atoms with van der Waals surface area (Å²) >= 11 is 1.76. The average Bonchev–Trinajstić information content (AvgIpc) is 2.90. The zero-order chi connectivity index (χ0) is 14.1. The molecule has 0 aromatic heterocycles. The van der Waals surface area contributed by atoms with Crippen LogP contribution in [-0.2, 0) is 6.42 Å². The Bertz CT molecular complexity index is 607. The quantitative estimate of drug-likeness (QED) is 0.938. The molecule has 2 unspecified atom stereocenters. The summed E-state index contributed by atoms with van der Waals surface area (Å²) in [7, 11) is 1.58. The third-order valence-corrected chi connectivity index (χ3v) is 5.04. The highest BCUT2D eigenvalue weighted by molar-refractivity contribution is 8.00. The maximum atomic E-state index is 13.5. The number of methoxy groups -OCH3 is 1. The predicted molar refractivity (Wildman–Crippen MR) is 79.7 cm³/mol. The Labute approximate surface area is 122 Å². The zero-order valence-corrected chi connectivity index (χ0v) is 12.0. The van der Waals surface area contributed by atoms with Crippen molar-refractivity contribution in [2.24, 2.45) is 5.73 Å². The van der Waals surface area contributed by atoms with E-state index >= 15 is 0 Å². The van der Waals surface area contributed by atoms with Gasteiger partial charge in [-0.25, -0.2) is 4.39 Å². The number of hydrogen-bond acceptors (Lipinski definition) is 3. The van der Waals surface area contributed by atoms with Crippen LogP contribution in [0.15, 0.2) is 47.4 Å². The number of hydrogen-bond donors (Lipinski definition) is 1. The molecule has 20 heavy (non-hydrogen) atoms. The lowest BCUT2D eigenvalue weighted by Gasteiger charge is -2.21. The van der Waals surface area contributed by atoms with Gasteiger partial charge in [0.1, 0.15) is 11.6 Å². The summed E-state index contributed by atoms with van der Waals surface area (Å²) in [6.45, 7) is 0. The average molecular weight is 289 g/mol. The number of halogens is 1. The predicted octanol–water partition coefficient (Wildman–Crippen LogP) is 3.55. The fraction of sp³-hybridized carbons (Fsp3) is 0.250. The van der Waals surface area contributed by atoms with Crippen molar-refractivity contribution in [1.82, 2.24) is 0 Å². The Hall–Kier alpha value is -1.52. The molecule has 0 amide bonds. The minimum atomic E-state index is -0.281. The molecule has 2 aromatic carbocycles. The third kappa shape index (κ3) is 2.41. The summed E-state index contributed by atoms with van der Waals surface area (Å²) in [5, 5.41) is 0.211. The van der Waals surface area contributed by atoms with Crippen molar-refractivity contribution in [2.75, 3.05) is 7.11 Å². The smallest absolute Gasteiger partial charge is 0.123 e. The van der Waals surface area contributed by atoms with Gasteiger partial charge in [-0.1, -0.05) is 18.2 Å². The Kier molecular flexibility index (Phi) is 3.68. The van der Waals surface area contributed by atoms with Gasteiger partial charge in [-0.2, -0.15) is 0 Å². The molecule has 2 atom stereocenters.